The van der Waals surface area contributed by atoms with Crippen molar-refractivity contribution in [1.29, 1.82) is 0 Å². The summed E-state index contributed by atoms with van der Waals surface area (Å²) >= 11 is 0. The summed E-state index contributed by atoms with van der Waals surface area (Å²) in [5.74, 6) is 0.545. The first-order chi connectivity index (χ1) is 9.04. The second-order valence-corrected chi connectivity index (χ2v) is 4.96. The molecule has 0 bridgehead atoms. The smallest absolute Gasteiger partial charge is 0.201 e. The van der Waals surface area contributed by atoms with Crippen molar-refractivity contribution in [2.24, 2.45) is 7.05 Å². The van der Waals surface area contributed by atoms with Crippen LogP contribution in [0.1, 0.15) is 16.8 Å². The number of nitrogen functional groups attached to an aromatic ring is 1. The van der Waals surface area contributed by atoms with Crippen molar-refractivity contribution < 1.29 is 0 Å². The van der Waals surface area contributed by atoms with Gasteiger partial charge in [-0.15, -0.1) is 0 Å². The van der Waals surface area contributed by atoms with Crippen molar-refractivity contribution in [1.82, 2.24) is 19.3 Å². The van der Waals surface area contributed by atoms with E-state index in [1.165, 1.54) is 5.56 Å². The van der Waals surface area contributed by atoms with Crippen LogP contribution >= 0.6 is 0 Å². The van der Waals surface area contributed by atoms with Crippen LogP contribution in [0.4, 0.5) is 5.95 Å². The summed E-state index contributed by atoms with van der Waals surface area (Å²) in [4.78, 5) is 4.40. The number of imidazole rings is 1. The fraction of sp³-hybridized carbons (Fsp3) is 0.286. The molecule has 0 saturated heterocycles. The van der Waals surface area contributed by atoms with Crippen LogP contribution in [-0.2, 0) is 13.6 Å². The zero-order valence-corrected chi connectivity index (χ0v) is 11.4. The molecule has 19 heavy (non-hydrogen) atoms. The van der Waals surface area contributed by atoms with Gasteiger partial charge in [-0.25, -0.2) is 4.98 Å². The van der Waals surface area contributed by atoms with Gasteiger partial charge in [0.05, 0.1) is 23.3 Å². The van der Waals surface area contributed by atoms with E-state index in [1.54, 1.807) is 0 Å². The molecule has 0 spiro atoms. The minimum absolute atomic E-state index is 0.545. The Morgan fingerprint density at radius 2 is 2.05 bits per heavy atom. The first-order valence-electron chi connectivity index (χ1n) is 6.26. The van der Waals surface area contributed by atoms with E-state index in [2.05, 4.69) is 29.1 Å². The number of benzene rings is 1. The van der Waals surface area contributed by atoms with Gasteiger partial charge in [-0.1, -0.05) is 6.07 Å². The van der Waals surface area contributed by atoms with Crippen molar-refractivity contribution in [3.8, 4) is 0 Å². The molecule has 0 saturated carbocycles. The molecule has 0 radical (unpaired) electrons. The average Bonchev–Trinajstić information content (AvgIpc) is 2.81. The first-order valence-corrected chi connectivity index (χ1v) is 6.26. The third-order valence-electron chi connectivity index (χ3n) is 3.38. The van der Waals surface area contributed by atoms with Crippen molar-refractivity contribution in [2.45, 2.75) is 20.4 Å². The molecular weight excluding hydrogens is 238 g/mol. The molecule has 98 valence electrons. The van der Waals surface area contributed by atoms with Crippen molar-refractivity contribution in [2.75, 3.05) is 5.73 Å². The molecule has 0 aliphatic heterocycles. The number of nitrogens with two attached hydrogens (primary N) is 1. The number of hydrogen-bond donors (Lipinski definition) is 1. The minimum Gasteiger partial charge on any atom is -0.369 e. The Morgan fingerprint density at radius 3 is 2.74 bits per heavy atom. The molecular formula is C14H17N5. The minimum atomic E-state index is 0.545. The lowest BCUT2D eigenvalue weighted by molar-refractivity contribution is 0.756. The van der Waals surface area contributed by atoms with Gasteiger partial charge in [-0.05, 0) is 31.5 Å². The van der Waals surface area contributed by atoms with E-state index in [9.17, 15) is 0 Å². The molecule has 3 rings (SSSR count). The molecule has 2 aromatic heterocycles. The van der Waals surface area contributed by atoms with Crippen LogP contribution in [0.5, 0.6) is 0 Å². The van der Waals surface area contributed by atoms with Gasteiger partial charge in [0.1, 0.15) is 0 Å². The highest BCUT2D eigenvalue weighted by atomic mass is 15.3. The van der Waals surface area contributed by atoms with Gasteiger partial charge in [-0.2, -0.15) is 5.10 Å². The Hall–Kier alpha value is -2.30. The lowest BCUT2D eigenvalue weighted by atomic mass is 10.2. The largest absolute Gasteiger partial charge is 0.369 e. The maximum Gasteiger partial charge on any atom is 0.201 e. The van der Waals surface area contributed by atoms with E-state index in [-0.39, 0.29) is 0 Å². The summed E-state index contributed by atoms with van der Waals surface area (Å²) in [5.41, 5.74) is 11.4. The molecule has 5 nitrogen and oxygen atoms in total. The topological polar surface area (TPSA) is 61.7 Å². The summed E-state index contributed by atoms with van der Waals surface area (Å²) in [6, 6.07) is 6.17. The Kier molecular flexibility index (Phi) is 2.55. The monoisotopic (exact) mass is 255 g/mol. The maximum absolute atomic E-state index is 6.03. The summed E-state index contributed by atoms with van der Waals surface area (Å²) in [6.07, 6.45) is 2.02. The number of rotatable bonds is 2. The molecule has 0 atom stereocenters. The van der Waals surface area contributed by atoms with Gasteiger partial charge in [-0.3, -0.25) is 4.68 Å². The number of nitrogens with zero attached hydrogens (tertiary/aromatic N) is 4. The Morgan fingerprint density at radius 1 is 1.26 bits per heavy atom. The molecule has 0 amide bonds. The van der Waals surface area contributed by atoms with Gasteiger partial charge >= 0.3 is 0 Å². The SMILES string of the molecule is Cc1ccc2nc(N)n(Cc3cn(C)nc3C)c2c1. The van der Waals surface area contributed by atoms with Crippen LogP contribution in [0.2, 0.25) is 0 Å². The summed E-state index contributed by atoms with van der Waals surface area (Å²) < 4.78 is 3.86. The van der Waals surface area contributed by atoms with Gasteiger partial charge in [0.25, 0.3) is 0 Å². The van der Waals surface area contributed by atoms with Crippen LogP contribution in [-0.4, -0.2) is 19.3 Å². The predicted molar refractivity (Wildman–Crippen MR) is 75.9 cm³/mol. The number of anilines is 1. The Bertz CT molecular complexity index is 751. The zero-order valence-electron chi connectivity index (χ0n) is 11.4. The summed E-state index contributed by atoms with van der Waals surface area (Å²) in [5, 5.41) is 4.36. The normalized spacial score (nSPS) is 11.3. The Balaban J connectivity index is 2.12. The van der Waals surface area contributed by atoms with Crippen molar-refractivity contribution in [3.05, 3.63) is 41.2 Å². The number of aryl methyl sites for hydroxylation is 3. The van der Waals surface area contributed by atoms with Gasteiger partial charge < -0.3 is 10.3 Å². The second kappa shape index (κ2) is 4.12. The molecule has 0 aliphatic carbocycles. The quantitative estimate of drug-likeness (QED) is 0.762. The van der Waals surface area contributed by atoms with E-state index in [1.807, 2.05) is 35.5 Å². The van der Waals surface area contributed by atoms with E-state index < -0.39 is 0 Å². The van der Waals surface area contributed by atoms with Gasteiger partial charge in [0.2, 0.25) is 5.95 Å². The van der Waals surface area contributed by atoms with Crippen LogP contribution < -0.4 is 5.73 Å². The molecule has 2 N–H and O–H groups in total. The third kappa shape index (κ3) is 1.97. The highest BCUT2D eigenvalue weighted by Crippen LogP contribution is 2.21. The van der Waals surface area contributed by atoms with Gasteiger partial charge in [0, 0.05) is 18.8 Å². The maximum atomic E-state index is 6.03. The van der Waals surface area contributed by atoms with E-state index >= 15 is 0 Å². The fourth-order valence-corrected chi connectivity index (χ4v) is 2.39. The molecule has 0 fully saturated rings. The average molecular weight is 255 g/mol. The zero-order chi connectivity index (χ0) is 13.6. The lowest BCUT2D eigenvalue weighted by Gasteiger charge is -2.05. The highest BCUT2D eigenvalue weighted by Gasteiger charge is 2.11. The number of hydrogen-bond acceptors (Lipinski definition) is 3. The second-order valence-electron chi connectivity index (χ2n) is 4.96. The fourth-order valence-electron chi connectivity index (χ4n) is 2.39. The standard InChI is InChI=1S/C14H17N5/c1-9-4-5-12-13(6-9)19(14(15)16-12)8-11-7-18(3)17-10(11)2/h4-7H,8H2,1-3H3,(H2,15,16). The lowest BCUT2D eigenvalue weighted by Crippen LogP contribution is -2.05. The summed E-state index contributed by atoms with van der Waals surface area (Å²) in [6.45, 7) is 4.78. The molecule has 3 aromatic rings. The predicted octanol–water partition coefficient (Wildman–Crippen LogP) is 2.02. The molecule has 1 aromatic carbocycles. The van der Waals surface area contributed by atoms with Crippen molar-refractivity contribution >= 4 is 17.0 Å². The van der Waals surface area contributed by atoms with E-state index in [0.717, 1.165) is 22.3 Å². The summed E-state index contributed by atoms with van der Waals surface area (Å²) in [7, 11) is 1.93. The van der Waals surface area contributed by atoms with Crippen molar-refractivity contribution in [3.63, 3.8) is 0 Å². The van der Waals surface area contributed by atoms with Crippen LogP contribution in [0.3, 0.4) is 0 Å². The van der Waals surface area contributed by atoms with Crippen LogP contribution in [0.25, 0.3) is 11.0 Å². The molecule has 0 aliphatic rings. The number of aromatic nitrogens is 4. The third-order valence-corrected chi connectivity index (χ3v) is 3.38. The van der Waals surface area contributed by atoms with E-state index in [0.29, 0.717) is 12.5 Å². The number of fused-ring (bicyclic) bond motifs is 1. The highest BCUT2D eigenvalue weighted by molar-refractivity contribution is 5.79. The van der Waals surface area contributed by atoms with Crippen LogP contribution in [0.15, 0.2) is 24.4 Å². The van der Waals surface area contributed by atoms with E-state index in [4.69, 9.17) is 5.73 Å². The molecule has 2 heterocycles. The van der Waals surface area contributed by atoms with Crippen LogP contribution in [0, 0.1) is 13.8 Å². The first kappa shape index (κ1) is 11.8. The van der Waals surface area contributed by atoms with Gasteiger partial charge in [0.15, 0.2) is 0 Å². The molecule has 5 heteroatoms. The Labute approximate surface area is 111 Å². The molecule has 0 unspecified atom stereocenters.